The molecule has 0 saturated heterocycles. The maximum absolute atomic E-state index is 3.87. The first kappa shape index (κ1) is 16.0. The van der Waals surface area contributed by atoms with Crippen LogP contribution < -0.4 is 0 Å². The Kier molecular flexibility index (Phi) is 6.86. The number of nitrogens with zero attached hydrogens (tertiary/aromatic N) is 1. The monoisotopic (exact) mass is 260 g/mol. The minimum Gasteiger partial charge on any atom is -0.320 e. The lowest BCUT2D eigenvalue weighted by Gasteiger charge is -2.38. The lowest BCUT2D eigenvalue weighted by Crippen LogP contribution is -2.48. The first-order valence-electron chi connectivity index (χ1n) is 7.76. The van der Waals surface area contributed by atoms with Gasteiger partial charge in [0.25, 0.3) is 0 Å². The maximum Gasteiger partial charge on any atom is 0.104 e. The van der Waals surface area contributed by atoms with Crippen molar-refractivity contribution in [3.8, 4) is 0 Å². The van der Waals surface area contributed by atoms with E-state index in [1.165, 1.54) is 54.5 Å². The molecule has 0 atom stereocenters. The Balaban J connectivity index is 2.93. The second-order valence-corrected chi connectivity index (χ2v) is 5.62. The summed E-state index contributed by atoms with van der Waals surface area (Å²) in [5.41, 5.74) is 2.69. The van der Waals surface area contributed by atoms with Crippen LogP contribution in [0.2, 0.25) is 0 Å². The fraction of sp³-hybridized carbons (Fsp3) is 0.556. The number of benzene rings is 1. The standard InChI is InChI=1S/C18H30N/c1-5-12-19(13-6-2,14-7-3)16-18-11-9-10-17(8-4)15-18/h8-11,15H,4-7,12-14,16H2,1-3H3/q+1. The molecule has 0 unspecified atom stereocenters. The van der Waals surface area contributed by atoms with Gasteiger partial charge in [-0.2, -0.15) is 0 Å². The van der Waals surface area contributed by atoms with Crippen molar-refractivity contribution < 1.29 is 4.48 Å². The maximum atomic E-state index is 3.87. The summed E-state index contributed by atoms with van der Waals surface area (Å²) < 4.78 is 1.24. The van der Waals surface area contributed by atoms with Crippen molar-refractivity contribution >= 4 is 6.08 Å². The Morgan fingerprint density at radius 3 is 2.05 bits per heavy atom. The van der Waals surface area contributed by atoms with Crippen molar-refractivity contribution in [3.05, 3.63) is 42.0 Å². The summed E-state index contributed by atoms with van der Waals surface area (Å²) >= 11 is 0. The van der Waals surface area contributed by atoms with Crippen molar-refractivity contribution in [1.29, 1.82) is 0 Å². The smallest absolute Gasteiger partial charge is 0.104 e. The van der Waals surface area contributed by atoms with E-state index < -0.39 is 0 Å². The van der Waals surface area contributed by atoms with E-state index in [2.05, 4.69) is 51.6 Å². The molecule has 1 nitrogen and oxygen atoms in total. The van der Waals surface area contributed by atoms with Crippen LogP contribution in [0.15, 0.2) is 30.8 Å². The summed E-state index contributed by atoms with van der Waals surface area (Å²) in [4.78, 5) is 0. The van der Waals surface area contributed by atoms with Gasteiger partial charge in [0.15, 0.2) is 0 Å². The van der Waals surface area contributed by atoms with Crippen LogP contribution in [-0.4, -0.2) is 24.1 Å². The molecule has 0 aliphatic heterocycles. The largest absolute Gasteiger partial charge is 0.320 e. The Bertz CT molecular complexity index is 364. The van der Waals surface area contributed by atoms with Crippen molar-refractivity contribution in [1.82, 2.24) is 0 Å². The molecule has 1 aromatic rings. The number of hydrogen-bond donors (Lipinski definition) is 0. The third kappa shape index (κ3) is 4.83. The first-order valence-corrected chi connectivity index (χ1v) is 7.76. The van der Waals surface area contributed by atoms with Crippen molar-refractivity contribution in [2.24, 2.45) is 0 Å². The number of rotatable bonds is 9. The van der Waals surface area contributed by atoms with Crippen LogP contribution >= 0.6 is 0 Å². The normalized spacial score (nSPS) is 11.5. The Hall–Kier alpha value is -1.08. The third-order valence-corrected chi connectivity index (χ3v) is 3.80. The van der Waals surface area contributed by atoms with E-state index in [9.17, 15) is 0 Å². The topological polar surface area (TPSA) is 0 Å². The lowest BCUT2D eigenvalue weighted by molar-refractivity contribution is -0.941. The van der Waals surface area contributed by atoms with Gasteiger partial charge in [-0.15, -0.1) is 0 Å². The van der Waals surface area contributed by atoms with Gasteiger partial charge < -0.3 is 4.48 Å². The van der Waals surface area contributed by atoms with E-state index in [1.807, 2.05) is 6.08 Å². The van der Waals surface area contributed by atoms with Gasteiger partial charge >= 0.3 is 0 Å². The van der Waals surface area contributed by atoms with Crippen molar-refractivity contribution in [3.63, 3.8) is 0 Å². The van der Waals surface area contributed by atoms with Crippen LogP contribution in [0.4, 0.5) is 0 Å². The van der Waals surface area contributed by atoms with E-state index in [0.29, 0.717) is 0 Å². The van der Waals surface area contributed by atoms with Crippen LogP contribution in [0.1, 0.15) is 51.2 Å². The molecule has 0 saturated carbocycles. The van der Waals surface area contributed by atoms with Crippen LogP contribution in [0.25, 0.3) is 6.08 Å². The lowest BCUT2D eigenvalue weighted by atomic mass is 10.1. The molecule has 0 heterocycles. The van der Waals surface area contributed by atoms with Crippen LogP contribution in [0.3, 0.4) is 0 Å². The van der Waals surface area contributed by atoms with Gasteiger partial charge in [-0.1, -0.05) is 51.6 Å². The highest BCUT2D eigenvalue weighted by atomic mass is 15.3. The highest BCUT2D eigenvalue weighted by Gasteiger charge is 2.24. The Morgan fingerprint density at radius 1 is 1.00 bits per heavy atom. The fourth-order valence-corrected chi connectivity index (χ4v) is 3.20. The SMILES string of the molecule is C=Cc1cccc(C[N+](CCC)(CCC)CCC)c1. The Morgan fingerprint density at radius 2 is 1.58 bits per heavy atom. The summed E-state index contributed by atoms with van der Waals surface area (Å²) in [5.74, 6) is 0. The van der Waals surface area contributed by atoms with Gasteiger partial charge in [0.1, 0.15) is 6.54 Å². The van der Waals surface area contributed by atoms with Gasteiger partial charge in [0.05, 0.1) is 19.6 Å². The minimum atomic E-state index is 1.16. The zero-order valence-electron chi connectivity index (χ0n) is 13.0. The van der Waals surface area contributed by atoms with Gasteiger partial charge in [0, 0.05) is 5.56 Å². The van der Waals surface area contributed by atoms with Gasteiger partial charge in [0.2, 0.25) is 0 Å². The number of quaternary nitrogens is 1. The fourth-order valence-electron chi connectivity index (χ4n) is 3.20. The molecule has 1 heteroatoms. The predicted octanol–water partition coefficient (Wildman–Crippen LogP) is 4.88. The van der Waals surface area contributed by atoms with E-state index >= 15 is 0 Å². The summed E-state index contributed by atoms with van der Waals surface area (Å²) in [6.45, 7) is 15.8. The molecule has 0 N–H and O–H groups in total. The zero-order valence-corrected chi connectivity index (χ0v) is 13.0. The third-order valence-electron chi connectivity index (χ3n) is 3.80. The molecule has 0 fully saturated rings. The molecule has 0 amide bonds. The summed E-state index contributed by atoms with van der Waals surface area (Å²) in [5, 5.41) is 0. The average Bonchev–Trinajstić information content (AvgIpc) is 2.40. The molecule has 0 aromatic heterocycles. The zero-order chi connectivity index (χ0) is 14.1. The van der Waals surface area contributed by atoms with Gasteiger partial charge in [-0.25, -0.2) is 0 Å². The Labute approximate surface area is 119 Å². The van der Waals surface area contributed by atoms with E-state index in [-0.39, 0.29) is 0 Å². The molecule has 0 spiro atoms. The number of hydrogen-bond acceptors (Lipinski definition) is 0. The summed E-state index contributed by atoms with van der Waals surface area (Å²) in [7, 11) is 0. The van der Waals surface area contributed by atoms with Crippen molar-refractivity contribution in [2.75, 3.05) is 19.6 Å². The van der Waals surface area contributed by atoms with Crippen molar-refractivity contribution in [2.45, 2.75) is 46.6 Å². The van der Waals surface area contributed by atoms with Crippen LogP contribution in [-0.2, 0) is 6.54 Å². The van der Waals surface area contributed by atoms with E-state index in [4.69, 9.17) is 0 Å². The highest BCUT2D eigenvalue weighted by Crippen LogP contribution is 2.19. The molecular formula is C18H30N+. The molecule has 19 heavy (non-hydrogen) atoms. The second-order valence-electron chi connectivity index (χ2n) is 5.62. The quantitative estimate of drug-likeness (QED) is 0.555. The molecule has 0 bridgehead atoms. The van der Waals surface area contributed by atoms with Crippen LogP contribution in [0, 0.1) is 0 Å². The molecule has 1 aromatic carbocycles. The molecule has 0 radical (unpaired) electrons. The molecular weight excluding hydrogens is 230 g/mol. The summed E-state index contributed by atoms with van der Waals surface area (Å²) in [6.07, 6.45) is 5.74. The van der Waals surface area contributed by atoms with Gasteiger partial charge in [-0.3, -0.25) is 0 Å². The van der Waals surface area contributed by atoms with E-state index in [0.717, 1.165) is 6.54 Å². The minimum absolute atomic E-state index is 1.16. The van der Waals surface area contributed by atoms with E-state index in [1.54, 1.807) is 0 Å². The average molecular weight is 260 g/mol. The first-order chi connectivity index (χ1) is 9.19. The highest BCUT2D eigenvalue weighted by molar-refractivity contribution is 5.47. The predicted molar refractivity (Wildman–Crippen MR) is 86.0 cm³/mol. The molecule has 0 aliphatic carbocycles. The van der Waals surface area contributed by atoms with Gasteiger partial charge in [-0.05, 0) is 30.9 Å². The second kappa shape index (κ2) is 8.16. The molecule has 1 rings (SSSR count). The molecule has 106 valence electrons. The molecule has 0 aliphatic rings. The van der Waals surface area contributed by atoms with Crippen LogP contribution in [0.5, 0.6) is 0 Å². The summed E-state index contributed by atoms with van der Waals surface area (Å²) in [6, 6.07) is 8.84.